The van der Waals surface area contributed by atoms with E-state index in [1.165, 1.54) is 24.2 Å². The topological polar surface area (TPSA) is 109 Å². The molecule has 0 radical (unpaired) electrons. The number of aliphatic hydroxyl groups excluding tert-OH is 1. The molecule has 10 heteroatoms. The Balaban J connectivity index is 0.000000204. The summed E-state index contributed by atoms with van der Waals surface area (Å²) in [6.07, 6.45) is 9.19. The Morgan fingerprint density at radius 2 is 2.03 bits per heavy atom. The zero-order valence-electron chi connectivity index (χ0n) is 18.6. The van der Waals surface area contributed by atoms with E-state index in [4.69, 9.17) is 14.6 Å². The van der Waals surface area contributed by atoms with E-state index < -0.39 is 0 Å². The summed E-state index contributed by atoms with van der Waals surface area (Å²) in [5.41, 5.74) is 1.40. The molecule has 2 aromatic heterocycles. The monoisotopic (exact) mass is 463 g/mol. The number of pyridine rings is 1. The van der Waals surface area contributed by atoms with E-state index in [0.29, 0.717) is 10.7 Å². The third kappa shape index (κ3) is 5.20. The molecule has 6 rings (SSSR count). The predicted molar refractivity (Wildman–Crippen MR) is 124 cm³/mol. The SMILES string of the molecule is C1COC2(C1)CNC2.CO.O=C(Nc1nc2cnccc2s1)N1CCC2(CCOCC2)C1. The Labute approximate surface area is 192 Å². The number of likely N-dealkylation sites (tertiary alicyclic amines) is 1. The lowest BCUT2D eigenvalue weighted by molar-refractivity contribution is -0.0358. The first-order valence-corrected chi connectivity index (χ1v) is 12.1. The molecule has 4 fully saturated rings. The Hall–Kier alpha value is -1.85. The molecule has 9 nitrogen and oxygen atoms in total. The summed E-state index contributed by atoms with van der Waals surface area (Å²) < 4.78 is 12.0. The molecule has 2 spiro atoms. The quantitative estimate of drug-likeness (QED) is 0.596. The molecule has 0 bridgehead atoms. The van der Waals surface area contributed by atoms with Crippen LogP contribution in [0.25, 0.3) is 10.2 Å². The van der Waals surface area contributed by atoms with Gasteiger partial charge < -0.3 is 24.8 Å². The van der Waals surface area contributed by atoms with Crippen molar-refractivity contribution in [3.8, 4) is 0 Å². The minimum absolute atomic E-state index is 0.0459. The number of aliphatic hydroxyl groups is 1. The van der Waals surface area contributed by atoms with E-state index in [1.54, 1.807) is 12.4 Å². The van der Waals surface area contributed by atoms with E-state index in [-0.39, 0.29) is 11.4 Å². The van der Waals surface area contributed by atoms with Gasteiger partial charge in [0.05, 0.1) is 16.5 Å². The second-order valence-corrected chi connectivity index (χ2v) is 9.85. The molecule has 0 aromatic carbocycles. The molecule has 6 heterocycles. The van der Waals surface area contributed by atoms with Gasteiger partial charge in [0.15, 0.2) is 5.13 Å². The summed E-state index contributed by atoms with van der Waals surface area (Å²) in [5, 5.41) is 13.8. The molecular formula is C22H33N5O4S. The maximum absolute atomic E-state index is 12.5. The summed E-state index contributed by atoms with van der Waals surface area (Å²) in [4.78, 5) is 22.8. The minimum Gasteiger partial charge on any atom is -0.400 e. The normalized spacial score (nSPS) is 22.6. The highest BCUT2D eigenvalue weighted by atomic mass is 32.1. The third-order valence-corrected chi connectivity index (χ3v) is 7.71. The number of fused-ring (bicyclic) bond motifs is 1. The Kier molecular flexibility index (Phi) is 7.57. The lowest BCUT2D eigenvalue weighted by Crippen LogP contribution is -2.58. The number of carbonyl (C=O) groups is 1. The summed E-state index contributed by atoms with van der Waals surface area (Å²) in [6, 6.07) is 1.87. The summed E-state index contributed by atoms with van der Waals surface area (Å²) in [6.45, 7) is 6.45. The largest absolute Gasteiger partial charge is 0.400 e. The highest BCUT2D eigenvalue weighted by Gasteiger charge is 2.41. The van der Waals surface area contributed by atoms with Gasteiger partial charge in [0.1, 0.15) is 5.52 Å². The summed E-state index contributed by atoms with van der Waals surface area (Å²) in [7, 11) is 1.00. The molecular weight excluding hydrogens is 430 g/mol. The van der Waals surface area contributed by atoms with Crippen molar-refractivity contribution < 1.29 is 19.4 Å². The molecule has 0 unspecified atom stereocenters. The fourth-order valence-corrected chi connectivity index (χ4v) is 5.59. The Bertz CT molecular complexity index is 856. The molecule has 4 aliphatic heterocycles. The number of rotatable bonds is 1. The van der Waals surface area contributed by atoms with Crippen LogP contribution in [-0.2, 0) is 9.47 Å². The molecule has 2 amide bonds. The van der Waals surface area contributed by atoms with Crippen LogP contribution >= 0.6 is 11.3 Å². The number of thiazole rings is 1. The molecule has 4 saturated heterocycles. The average molecular weight is 464 g/mol. The van der Waals surface area contributed by atoms with Crippen LogP contribution in [0.4, 0.5) is 9.93 Å². The highest BCUT2D eigenvalue weighted by molar-refractivity contribution is 7.22. The maximum atomic E-state index is 12.5. The van der Waals surface area contributed by atoms with Gasteiger partial charge in [-0.1, -0.05) is 11.3 Å². The number of hydrogen-bond donors (Lipinski definition) is 3. The first-order chi connectivity index (χ1) is 15.7. The molecule has 0 atom stereocenters. The second kappa shape index (κ2) is 10.4. The Morgan fingerprint density at radius 1 is 1.22 bits per heavy atom. The van der Waals surface area contributed by atoms with E-state index in [0.717, 1.165) is 82.6 Å². The van der Waals surface area contributed by atoms with Crippen molar-refractivity contribution in [3.05, 3.63) is 18.5 Å². The van der Waals surface area contributed by atoms with E-state index in [9.17, 15) is 4.79 Å². The van der Waals surface area contributed by atoms with Gasteiger partial charge in [0.25, 0.3) is 0 Å². The van der Waals surface area contributed by atoms with Crippen molar-refractivity contribution in [1.29, 1.82) is 0 Å². The van der Waals surface area contributed by atoms with Crippen LogP contribution in [0.15, 0.2) is 18.5 Å². The molecule has 4 aliphatic rings. The van der Waals surface area contributed by atoms with E-state index in [1.807, 2.05) is 11.0 Å². The number of nitrogens with zero attached hydrogens (tertiary/aromatic N) is 3. The minimum atomic E-state index is -0.0459. The molecule has 32 heavy (non-hydrogen) atoms. The van der Waals surface area contributed by atoms with Crippen LogP contribution in [0.3, 0.4) is 0 Å². The molecule has 176 valence electrons. The average Bonchev–Trinajstić information content (AvgIpc) is 3.54. The van der Waals surface area contributed by atoms with Gasteiger partial charge in [0, 0.05) is 59.3 Å². The van der Waals surface area contributed by atoms with E-state index in [2.05, 4.69) is 20.6 Å². The van der Waals surface area contributed by atoms with Gasteiger partial charge >= 0.3 is 6.03 Å². The van der Waals surface area contributed by atoms with Gasteiger partial charge in [-0.2, -0.15) is 0 Å². The number of anilines is 1. The van der Waals surface area contributed by atoms with Gasteiger partial charge in [-0.05, 0) is 43.6 Å². The van der Waals surface area contributed by atoms with Crippen molar-refractivity contribution in [2.75, 3.05) is 58.4 Å². The van der Waals surface area contributed by atoms with Gasteiger partial charge in [-0.25, -0.2) is 9.78 Å². The number of amides is 2. The van der Waals surface area contributed by atoms with Crippen molar-refractivity contribution in [2.45, 2.75) is 37.7 Å². The number of carbonyl (C=O) groups excluding carboxylic acids is 1. The smallest absolute Gasteiger partial charge is 0.323 e. The van der Waals surface area contributed by atoms with Crippen LogP contribution in [0, 0.1) is 5.41 Å². The number of nitrogens with one attached hydrogen (secondary N) is 2. The van der Waals surface area contributed by atoms with Crippen LogP contribution in [0.1, 0.15) is 32.1 Å². The van der Waals surface area contributed by atoms with Crippen molar-refractivity contribution in [1.82, 2.24) is 20.2 Å². The first kappa shape index (κ1) is 23.3. The van der Waals surface area contributed by atoms with Crippen molar-refractivity contribution in [3.63, 3.8) is 0 Å². The number of ether oxygens (including phenoxy) is 2. The van der Waals surface area contributed by atoms with Crippen LogP contribution in [0.5, 0.6) is 0 Å². The van der Waals surface area contributed by atoms with Gasteiger partial charge in [0.2, 0.25) is 0 Å². The predicted octanol–water partition coefficient (Wildman–Crippen LogP) is 2.47. The summed E-state index contributed by atoms with van der Waals surface area (Å²) in [5.74, 6) is 0. The second-order valence-electron chi connectivity index (χ2n) is 8.82. The van der Waals surface area contributed by atoms with Crippen LogP contribution in [-0.4, -0.2) is 84.7 Å². The fourth-order valence-electron chi connectivity index (χ4n) is 4.76. The highest BCUT2D eigenvalue weighted by Crippen LogP contribution is 2.40. The van der Waals surface area contributed by atoms with Crippen molar-refractivity contribution >= 4 is 32.7 Å². The van der Waals surface area contributed by atoms with Gasteiger partial charge in [-0.3, -0.25) is 10.3 Å². The zero-order chi connectivity index (χ0) is 22.4. The van der Waals surface area contributed by atoms with Crippen LogP contribution in [0.2, 0.25) is 0 Å². The van der Waals surface area contributed by atoms with E-state index >= 15 is 0 Å². The van der Waals surface area contributed by atoms with Gasteiger partial charge in [-0.15, -0.1) is 0 Å². The number of urea groups is 1. The third-order valence-electron chi connectivity index (χ3n) is 6.76. The number of hydrogen-bond acceptors (Lipinski definition) is 8. The van der Waals surface area contributed by atoms with Crippen LogP contribution < -0.4 is 10.6 Å². The fraction of sp³-hybridized carbons (Fsp3) is 0.682. The first-order valence-electron chi connectivity index (χ1n) is 11.3. The summed E-state index contributed by atoms with van der Waals surface area (Å²) >= 11 is 1.48. The molecule has 2 aromatic rings. The lowest BCUT2D eigenvalue weighted by Gasteiger charge is -2.37. The number of aromatic nitrogens is 2. The molecule has 0 aliphatic carbocycles. The lowest BCUT2D eigenvalue weighted by atomic mass is 9.80. The van der Waals surface area contributed by atoms with Crippen molar-refractivity contribution in [2.24, 2.45) is 5.41 Å². The standard InChI is InChI=1S/C15H18N4O2S.C6H11NO.CH4O/c20-14(18-13-17-11-9-16-5-1-12(11)22-13)19-6-2-15(10-19)3-7-21-8-4-15;1-2-6(8-3-1)4-7-5-6;1-2/h1,5,9H,2-4,6-8,10H2,(H,17,18,20);7H,1-5H2;2H,1H3. The Morgan fingerprint density at radius 3 is 2.66 bits per heavy atom. The molecule has 0 saturated carbocycles. The zero-order valence-corrected chi connectivity index (χ0v) is 19.5. The molecule has 3 N–H and O–H groups in total. The maximum Gasteiger partial charge on any atom is 0.323 e.